The van der Waals surface area contributed by atoms with E-state index in [1.54, 1.807) is 0 Å². The molecule has 0 aliphatic heterocycles. The van der Waals surface area contributed by atoms with Crippen molar-refractivity contribution in [3.8, 4) is 11.3 Å². The maximum atomic E-state index is 12.2. The van der Waals surface area contributed by atoms with Crippen LogP contribution in [0.15, 0.2) is 59.1 Å². The molecule has 7 heteroatoms. The third-order valence-corrected chi connectivity index (χ3v) is 13.5. The van der Waals surface area contributed by atoms with Gasteiger partial charge in [0.1, 0.15) is 5.76 Å². The summed E-state index contributed by atoms with van der Waals surface area (Å²) in [7, 11) is 0. The molecule has 3 nitrogen and oxygen atoms in total. The van der Waals surface area contributed by atoms with E-state index in [9.17, 15) is 9.90 Å². The first-order valence-corrected chi connectivity index (χ1v) is 19.4. The van der Waals surface area contributed by atoms with E-state index in [0.717, 1.165) is 36.9 Å². The zero-order valence-corrected chi connectivity index (χ0v) is 34.7. The number of nitrogens with zero attached hydrogens (tertiary/aromatic N) is 1. The van der Waals surface area contributed by atoms with E-state index in [2.05, 4.69) is 74.9 Å². The third-order valence-electron chi connectivity index (χ3n) is 10.4. The number of carbonyl (C=O) groups excluding carboxylic acids is 1. The first kappa shape index (κ1) is 38.4. The normalized spacial score (nSPS) is 12.8. The van der Waals surface area contributed by atoms with Crippen LogP contribution in [0.2, 0.25) is 0 Å². The topological polar surface area (TPSA) is 50.2 Å². The van der Waals surface area contributed by atoms with Gasteiger partial charge in [0.25, 0.3) is 0 Å². The fourth-order valence-electron chi connectivity index (χ4n) is 5.95. The molecule has 0 amide bonds. The molecule has 0 aliphatic rings. The van der Waals surface area contributed by atoms with Gasteiger partial charge < -0.3 is 5.11 Å². The standard InChI is InChI=1S/C26H20NS3.C15H28O2.Ir/c1-14-13-29-21-12-22-18(11-17(14)21)23-20(30-22)5-7-27-24(23)16-9-15-6-8-28-25(15)19(10-16)26(2,3)4;1-7-14(5,8-2)12(16)11-13(17)15(6,9-3)10-4;/h5-8,10-13H,1-4H3;11,16H,7-10H2,1-6H3;/q-1;;/b;12-11-;. The third kappa shape index (κ3) is 7.23. The van der Waals surface area contributed by atoms with Gasteiger partial charge >= 0.3 is 0 Å². The summed E-state index contributed by atoms with van der Waals surface area (Å²) in [6, 6.07) is 15.1. The Morgan fingerprint density at radius 1 is 0.875 bits per heavy atom. The number of hydrogen-bond donors (Lipinski definition) is 1. The molecule has 1 radical (unpaired) electrons. The number of aryl methyl sites for hydroxylation is 1. The van der Waals surface area contributed by atoms with Crippen LogP contribution < -0.4 is 0 Å². The van der Waals surface area contributed by atoms with Crippen LogP contribution in [0.25, 0.3) is 51.6 Å². The number of ketones is 1. The van der Waals surface area contributed by atoms with Crippen LogP contribution in [0.4, 0.5) is 0 Å². The van der Waals surface area contributed by atoms with Crippen LogP contribution >= 0.6 is 34.0 Å². The second kappa shape index (κ2) is 14.8. The number of carbonyl (C=O) groups is 1. The molecule has 2 aromatic carbocycles. The number of pyridine rings is 1. The quantitative estimate of drug-likeness (QED) is 0.0941. The van der Waals surface area contributed by atoms with Crippen molar-refractivity contribution in [1.29, 1.82) is 0 Å². The Morgan fingerprint density at radius 2 is 1.54 bits per heavy atom. The average molecular weight is 875 g/mol. The van der Waals surface area contributed by atoms with E-state index in [0.29, 0.717) is 0 Å². The molecule has 4 aromatic heterocycles. The van der Waals surface area contributed by atoms with Crippen LogP contribution in [-0.2, 0) is 30.3 Å². The van der Waals surface area contributed by atoms with Crippen molar-refractivity contribution in [2.45, 2.75) is 100 Å². The number of aliphatic hydroxyl groups excluding tert-OH is 1. The number of benzene rings is 2. The smallest absolute Gasteiger partial charge is 0.164 e. The van der Waals surface area contributed by atoms with Gasteiger partial charge in [-0.3, -0.25) is 9.78 Å². The van der Waals surface area contributed by atoms with E-state index in [4.69, 9.17) is 4.98 Å². The zero-order valence-electron chi connectivity index (χ0n) is 29.9. The molecular formula is C41H48IrNO2S3-. The van der Waals surface area contributed by atoms with Crippen molar-refractivity contribution in [1.82, 2.24) is 4.98 Å². The molecule has 6 aromatic rings. The number of aromatic nitrogens is 1. The van der Waals surface area contributed by atoms with E-state index >= 15 is 0 Å². The summed E-state index contributed by atoms with van der Waals surface area (Å²) >= 11 is 5.50. The van der Waals surface area contributed by atoms with Gasteiger partial charge in [-0.1, -0.05) is 73.4 Å². The molecule has 0 aliphatic carbocycles. The number of rotatable bonds is 8. The predicted molar refractivity (Wildman–Crippen MR) is 209 cm³/mol. The van der Waals surface area contributed by atoms with Gasteiger partial charge in [0, 0.05) is 63.0 Å². The van der Waals surface area contributed by atoms with Gasteiger partial charge in [-0.2, -0.15) is 11.3 Å². The molecule has 0 atom stereocenters. The van der Waals surface area contributed by atoms with Crippen molar-refractivity contribution >= 4 is 80.1 Å². The number of thiophene rings is 3. The van der Waals surface area contributed by atoms with Crippen LogP contribution in [0.1, 0.15) is 99.1 Å². The Balaban J connectivity index is 0.000000251. The summed E-state index contributed by atoms with van der Waals surface area (Å²) in [4.78, 5) is 17.1. The summed E-state index contributed by atoms with van der Waals surface area (Å²) in [6.07, 6.45) is 6.70. The van der Waals surface area contributed by atoms with Crippen LogP contribution in [0, 0.1) is 23.8 Å². The monoisotopic (exact) mass is 875 g/mol. The van der Waals surface area contributed by atoms with Crippen molar-refractivity contribution in [2.24, 2.45) is 10.8 Å². The van der Waals surface area contributed by atoms with Crippen LogP contribution in [0.3, 0.4) is 0 Å². The zero-order chi connectivity index (χ0) is 34.3. The first-order valence-electron chi connectivity index (χ1n) is 16.8. The van der Waals surface area contributed by atoms with Crippen molar-refractivity contribution in [2.75, 3.05) is 0 Å². The summed E-state index contributed by atoms with van der Waals surface area (Å²) in [5.74, 6) is 0.286. The van der Waals surface area contributed by atoms with Crippen molar-refractivity contribution in [3.63, 3.8) is 0 Å². The Hall–Kier alpha value is -2.41. The molecule has 48 heavy (non-hydrogen) atoms. The Bertz CT molecular complexity index is 2100. The van der Waals surface area contributed by atoms with Crippen LogP contribution in [-0.4, -0.2) is 15.9 Å². The Morgan fingerprint density at radius 3 is 2.17 bits per heavy atom. The Kier molecular flexibility index (Phi) is 11.9. The molecule has 0 spiro atoms. The van der Waals surface area contributed by atoms with Crippen molar-refractivity contribution < 1.29 is 30.0 Å². The molecule has 0 saturated carbocycles. The van der Waals surface area contributed by atoms with Crippen molar-refractivity contribution in [3.05, 3.63) is 76.3 Å². The summed E-state index contributed by atoms with van der Waals surface area (Å²) in [5, 5.41) is 19.7. The average Bonchev–Trinajstić information content (AvgIpc) is 3.78. The first-order chi connectivity index (χ1) is 22.2. The minimum Gasteiger partial charge on any atom is -0.512 e. The summed E-state index contributed by atoms with van der Waals surface area (Å²) in [5.41, 5.74) is 4.33. The van der Waals surface area contributed by atoms with E-state index in [1.165, 1.54) is 57.5 Å². The number of fused-ring (bicyclic) bond motifs is 5. The minimum absolute atomic E-state index is 0. The summed E-state index contributed by atoms with van der Waals surface area (Å²) < 4.78 is 5.33. The number of aliphatic hydroxyl groups is 1. The molecule has 0 saturated heterocycles. The summed E-state index contributed by atoms with van der Waals surface area (Å²) in [6.45, 7) is 21.1. The predicted octanol–water partition coefficient (Wildman–Crippen LogP) is 13.6. The molecule has 4 heterocycles. The maximum Gasteiger partial charge on any atom is 0.164 e. The minimum atomic E-state index is -0.337. The second-order valence-electron chi connectivity index (χ2n) is 14.3. The van der Waals surface area contributed by atoms with E-state index in [1.807, 2.05) is 81.7 Å². The SMILES string of the molecule is CCC(C)(CC)C(=O)/C=C(\O)C(C)(CC)CC.Cc1csc2cc3sc4ccnc(-c5[c-]c6ccsc6c(C(C)(C)C)c5)c4c3cc12.[Ir]. The molecule has 1 N–H and O–H groups in total. The fraction of sp³-hybridized carbons (Fsp3) is 0.415. The van der Waals surface area contributed by atoms with Gasteiger partial charge in [-0.25, -0.2) is 0 Å². The van der Waals surface area contributed by atoms with E-state index in [-0.39, 0.29) is 47.9 Å². The van der Waals surface area contributed by atoms with E-state index < -0.39 is 0 Å². The molecule has 6 rings (SSSR count). The van der Waals surface area contributed by atoms with Gasteiger partial charge in [0.05, 0.1) is 0 Å². The largest absolute Gasteiger partial charge is 0.512 e. The maximum absolute atomic E-state index is 12.2. The van der Waals surface area contributed by atoms with Gasteiger partial charge in [-0.15, -0.1) is 46.3 Å². The molecule has 257 valence electrons. The molecule has 0 bridgehead atoms. The van der Waals surface area contributed by atoms with Gasteiger partial charge in [0.15, 0.2) is 5.78 Å². The van der Waals surface area contributed by atoms with Gasteiger partial charge in [-0.05, 0) is 93.4 Å². The number of hydrogen-bond acceptors (Lipinski definition) is 6. The molecule has 0 unspecified atom stereocenters. The van der Waals surface area contributed by atoms with Crippen LogP contribution in [0.5, 0.6) is 0 Å². The number of allylic oxidation sites excluding steroid dienone is 2. The fourth-order valence-corrected chi connectivity index (χ4v) is 9.19. The second-order valence-corrected chi connectivity index (χ2v) is 17.2. The Labute approximate surface area is 311 Å². The van der Waals surface area contributed by atoms with Gasteiger partial charge in [0.2, 0.25) is 0 Å². The molecule has 0 fully saturated rings. The molecular weight excluding hydrogens is 827 g/mol.